The second kappa shape index (κ2) is 11.4. The second-order valence-corrected chi connectivity index (χ2v) is 9.32. The summed E-state index contributed by atoms with van der Waals surface area (Å²) >= 11 is 0. The minimum atomic E-state index is -0.241. The first-order chi connectivity index (χ1) is 17.0. The van der Waals surface area contributed by atoms with Crippen molar-refractivity contribution in [3.63, 3.8) is 0 Å². The van der Waals surface area contributed by atoms with Crippen molar-refractivity contribution < 1.29 is 23.9 Å². The van der Waals surface area contributed by atoms with Crippen molar-refractivity contribution in [2.75, 3.05) is 31.7 Å². The topological polar surface area (TPSA) is 76.2 Å². The fourth-order valence-electron chi connectivity index (χ4n) is 4.50. The van der Waals surface area contributed by atoms with Gasteiger partial charge in [0.2, 0.25) is 11.8 Å². The van der Waals surface area contributed by atoms with Crippen LogP contribution in [-0.4, -0.2) is 49.5 Å². The molecular formula is C28H34N2O5. The molecule has 7 heteroatoms. The van der Waals surface area contributed by atoms with Gasteiger partial charge in [0.25, 0.3) is 0 Å². The molecule has 2 amide bonds. The van der Waals surface area contributed by atoms with Crippen LogP contribution in [0.4, 0.5) is 5.69 Å². The number of carbonyl (C=O) groups excluding carboxylic acids is 3. The number of methoxy groups -OCH3 is 1. The third-order valence-electron chi connectivity index (χ3n) is 6.69. The van der Waals surface area contributed by atoms with Gasteiger partial charge in [-0.05, 0) is 68.0 Å². The summed E-state index contributed by atoms with van der Waals surface area (Å²) in [6, 6.07) is 15.4. The fraction of sp³-hybridized carbons (Fsp3) is 0.464. The highest BCUT2D eigenvalue weighted by Crippen LogP contribution is 2.34. The van der Waals surface area contributed by atoms with Gasteiger partial charge in [0.1, 0.15) is 5.75 Å². The summed E-state index contributed by atoms with van der Waals surface area (Å²) in [5.41, 5.74) is 2.75. The van der Waals surface area contributed by atoms with Gasteiger partial charge in [-0.1, -0.05) is 24.3 Å². The Balaban J connectivity index is 1.41. The van der Waals surface area contributed by atoms with Gasteiger partial charge in [-0.15, -0.1) is 0 Å². The zero-order valence-corrected chi connectivity index (χ0v) is 20.6. The molecule has 0 radical (unpaired) electrons. The fourth-order valence-corrected chi connectivity index (χ4v) is 4.50. The maximum atomic E-state index is 13.0. The minimum absolute atomic E-state index is 0.0101. The lowest BCUT2D eigenvalue weighted by Crippen LogP contribution is -2.43. The number of benzene rings is 2. The maximum absolute atomic E-state index is 13.0. The Morgan fingerprint density at radius 2 is 1.63 bits per heavy atom. The summed E-state index contributed by atoms with van der Waals surface area (Å²) in [6.45, 7) is 3.72. The van der Waals surface area contributed by atoms with Gasteiger partial charge in [-0.25, -0.2) is 0 Å². The third-order valence-corrected chi connectivity index (χ3v) is 6.69. The molecule has 1 saturated heterocycles. The monoisotopic (exact) mass is 478 g/mol. The Labute approximate surface area is 207 Å². The number of esters is 1. The van der Waals surface area contributed by atoms with E-state index in [1.54, 1.807) is 18.9 Å². The number of hydrogen-bond donors (Lipinski definition) is 0. The highest BCUT2D eigenvalue weighted by Gasteiger charge is 2.34. The number of carbonyl (C=O) groups is 3. The summed E-state index contributed by atoms with van der Waals surface area (Å²) in [4.78, 5) is 41.6. The Bertz CT molecular complexity index is 1030. The lowest BCUT2D eigenvalue weighted by atomic mass is 9.97. The molecule has 186 valence electrons. The molecule has 2 aliphatic rings. The maximum Gasteiger partial charge on any atom is 0.310 e. The van der Waals surface area contributed by atoms with Gasteiger partial charge >= 0.3 is 5.97 Å². The molecule has 2 aromatic rings. The first kappa shape index (κ1) is 24.8. The lowest BCUT2D eigenvalue weighted by molar-refractivity contribution is -0.151. The minimum Gasteiger partial charge on any atom is -0.497 e. The van der Waals surface area contributed by atoms with Crippen LogP contribution >= 0.6 is 0 Å². The lowest BCUT2D eigenvalue weighted by Gasteiger charge is -2.31. The standard InChI is InChI=1S/C28H34N2O5/c1-3-35-28(33)23-5-4-16-29(19-23)26(31)17-20-6-12-24(13-7-20)30(27(32)22-10-11-22)18-21-8-14-25(34-2)15-9-21/h6-9,12-15,22-23H,3-5,10-11,16-19H2,1-2H3/t23-/m1/s1. The van der Waals surface area contributed by atoms with E-state index < -0.39 is 0 Å². The molecule has 1 aliphatic carbocycles. The van der Waals surface area contributed by atoms with Crippen LogP contribution in [-0.2, 0) is 32.1 Å². The van der Waals surface area contributed by atoms with Gasteiger partial charge in [-0.2, -0.15) is 0 Å². The average molecular weight is 479 g/mol. The van der Waals surface area contributed by atoms with Crippen LogP contribution in [0.5, 0.6) is 5.75 Å². The SMILES string of the molecule is CCOC(=O)[C@@H]1CCCN(C(=O)Cc2ccc(N(Cc3ccc(OC)cc3)C(=O)C3CC3)cc2)C1. The Morgan fingerprint density at radius 3 is 2.26 bits per heavy atom. The number of anilines is 1. The van der Waals surface area contributed by atoms with E-state index in [4.69, 9.17) is 9.47 Å². The molecule has 2 aromatic carbocycles. The molecule has 2 fully saturated rings. The van der Waals surface area contributed by atoms with Crippen molar-refractivity contribution in [3.05, 3.63) is 59.7 Å². The molecular weight excluding hydrogens is 444 g/mol. The Hall–Kier alpha value is -3.35. The first-order valence-corrected chi connectivity index (χ1v) is 12.5. The molecule has 4 rings (SSSR count). The smallest absolute Gasteiger partial charge is 0.310 e. The van der Waals surface area contributed by atoms with Crippen LogP contribution in [0.2, 0.25) is 0 Å². The predicted molar refractivity (Wildman–Crippen MR) is 133 cm³/mol. The molecule has 0 bridgehead atoms. The van der Waals surface area contributed by atoms with Crippen LogP contribution in [0.15, 0.2) is 48.5 Å². The Kier molecular flexibility index (Phi) is 8.06. The van der Waals surface area contributed by atoms with Crippen molar-refractivity contribution in [1.29, 1.82) is 0 Å². The molecule has 1 heterocycles. The van der Waals surface area contributed by atoms with Gasteiger partial charge in [0, 0.05) is 24.7 Å². The summed E-state index contributed by atoms with van der Waals surface area (Å²) in [6.07, 6.45) is 3.71. The van der Waals surface area contributed by atoms with Crippen molar-refractivity contribution in [3.8, 4) is 5.75 Å². The molecule has 0 unspecified atom stereocenters. The zero-order chi connectivity index (χ0) is 24.8. The van der Waals surface area contributed by atoms with Crippen molar-refractivity contribution >= 4 is 23.5 Å². The molecule has 1 aliphatic heterocycles. The summed E-state index contributed by atoms with van der Waals surface area (Å²) < 4.78 is 10.4. The van der Waals surface area contributed by atoms with Gasteiger partial charge < -0.3 is 19.3 Å². The van der Waals surface area contributed by atoms with E-state index in [-0.39, 0.29) is 36.0 Å². The number of hydrogen-bond acceptors (Lipinski definition) is 5. The van der Waals surface area contributed by atoms with E-state index in [0.717, 1.165) is 48.2 Å². The van der Waals surface area contributed by atoms with Crippen LogP contribution < -0.4 is 9.64 Å². The van der Waals surface area contributed by atoms with Crippen molar-refractivity contribution in [1.82, 2.24) is 4.90 Å². The van der Waals surface area contributed by atoms with Gasteiger partial charge in [0.15, 0.2) is 0 Å². The van der Waals surface area contributed by atoms with E-state index in [0.29, 0.717) is 26.2 Å². The molecule has 0 aromatic heterocycles. The quantitative estimate of drug-likeness (QED) is 0.510. The van der Waals surface area contributed by atoms with E-state index in [9.17, 15) is 14.4 Å². The van der Waals surface area contributed by atoms with Gasteiger partial charge in [0.05, 0.1) is 32.6 Å². The van der Waals surface area contributed by atoms with Gasteiger partial charge in [-0.3, -0.25) is 14.4 Å². The highest BCUT2D eigenvalue weighted by atomic mass is 16.5. The van der Waals surface area contributed by atoms with E-state index >= 15 is 0 Å². The van der Waals surface area contributed by atoms with E-state index in [1.807, 2.05) is 53.4 Å². The largest absolute Gasteiger partial charge is 0.497 e. The number of ether oxygens (including phenoxy) is 2. The summed E-state index contributed by atoms with van der Waals surface area (Å²) in [7, 11) is 1.63. The Morgan fingerprint density at radius 1 is 0.943 bits per heavy atom. The molecule has 1 saturated carbocycles. The van der Waals surface area contributed by atoms with E-state index in [1.165, 1.54) is 0 Å². The average Bonchev–Trinajstić information content (AvgIpc) is 3.74. The first-order valence-electron chi connectivity index (χ1n) is 12.5. The number of likely N-dealkylation sites (tertiary alicyclic amines) is 1. The summed E-state index contributed by atoms with van der Waals surface area (Å²) in [5, 5.41) is 0. The number of amides is 2. The molecule has 0 N–H and O–H groups in total. The normalized spacial score (nSPS) is 17.5. The third kappa shape index (κ3) is 6.41. The molecule has 1 atom stereocenters. The highest BCUT2D eigenvalue weighted by molar-refractivity contribution is 5.96. The number of nitrogens with zero attached hydrogens (tertiary/aromatic N) is 2. The van der Waals surface area contributed by atoms with Crippen molar-refractivity contribution in [2.45, 2.75) is 45.6 Å². The summed E-state index contributed by atoms with van der Waals surface area (Å²) in [5.74, 6) is 0.576. The van der Waals surface area contributed by atoms with Crippen LogP contribution in [0.25, 0.3) is 0 Å². The molecule has 0 spiro atoms. The van der Waals surface area contributed by atoms with Crippen LogP contribution in [0.3, 0.4) is 0 Å². The second-order valence-electron chi connectivity index (χ2n) is 9.32. The number of piperidine rings is 1. The molecule has 35 heavy (non-hydrogen) atoms. The van der Waals surface area contributed by atoms with E-state index in [2.05, 4.69) is 0 Å². The van der Waals surface area contributed by atoms with Crippen molar-refractivity contribution in [2.24, 2.45) is 11.8 Å². The predicted octanol–water partition coefficient (Wildman–Crippen LogP) is 3.98. The van der Waals surface area contributed by atoms with Crippen LogP contribution in [0, 0.1) is 11.8 Å². The molecule has 7 nitrogen and oxygen atoms in total. The van der Waals surface area contributed by atoms with Crippen LogP contribution in [0.1, 0.15) is 43.7 Å². The zero-order valence-electron chi connectivity index (χ0n) is 20.6. The number of rotatable bonds is 9.